The van der Waals surface area contributed by atoms with Crippen molar-refractivity contribution < 1.29 is 18.7 Å². The van der Waals surface area contributed by atoms with Crippen LogP contribution in [-0.4, -0.2) is 35.8 Å². The number of thioether (sulfide) groups is 1. The second-order valence-corrected chi connectivity index (χ2v) is 5.72. The first-order chi connectivity index (χ1) is 9.40. The lowest BCUT2D eigenvalue weighted by atomic mass is 10.1. The summed E-state index contributed by atoms with van der Waals surface area (Å²) >= 11 is 1.54. The van der Waals surface area contributed by atoms with E-state index in [1.165, 1.54) is 11.1 Å². The van der Waals surface area contributed by atoms with E-state index in [4.69, 9.17) is 5.11 Å². The van der Waals surface area contributed by atoms with Crippen molar-refractivity contribution in [1.29, 1.82) is 0 Å². The molecule has 0 saturated carbocycles. The molecular weight excluding hydrogens is 284 g/mol. The van der Waals surface area contributed by atoms with E-state index in [1.54, 1.807) is 11.8 Å². The molecule has 112 valence electrons. The fraction of sp³-hybridized carbons (Fsp3) is 0.500. The minimum Gasteiger partial charge on any atom is -0.385 e. The number of halogens is 2. The van der Waals surface area contributed by atoms with Gasteiger partial charge in [0.15, 0.2) is 0 Å². The third-order valence-corrected chi connectivity index (χ3v) is 3.87. The maximum atomic E-state index is 12.0. The minimum atomic E-state index is -2.83. The molecule has 0 aliphatic heterocycles. The molecule has 1 rings (SSSR count). The third-order valence-electron chi connectivity index (χ3n) is 2.88. The Bertz CT molecular complexity index is 455. The lowest BCUT2D eigenvalue weighted by Gasteiger charge is -2.10. The normalized spacial score (nSPS) is 12.5. The Morgan fingerprint density at radius 2 is 2.05 bits per heavy atom. The molecule has 1 aromatic rings. The molecule has 0 fully saturated rings. The molecule has 0 saturated heterocycles. The first-order valence-corrected chi connectivity index (χ1v) is 7.31. The average molecular weight is 303 g/mol. The van der Waals surface area contributed by atoms with Gasteiger partial charge in [-0.2, -0.15) is 0 Å². The van der Waals surface area contributed by atoms with Crippen LogP contribution in [0.2, 0.25) is 0 Å². The summed E-state index contributed by atoms with van der Waals surface area (Å²) in [5.41, 5.74) is 2.41. The molecule has 2 N–H and O–H groups in total. The number of aryl methyl sites for hydroxylation is 2. The van der Waals surface area contributed by atoms with E-state index in [1.807, 2.05) is 26.0 Å². The van der Waals surface area contributed by atoms with E-state index in [-0.39, 0.29) is 12.3 Å². The van der Waals surface area contributed by atoms with Gasteiger partial charge >= 0.3 is 0 Å². The van der Waals surface area contributed by atoms with Crippen LogP contribution >= 0.6 is 11.8 Å². The predicted octanol–water partition coefficient (Wildman–Crippen LogP) is 2.53. The number of alkyl halides is 2. The molecule has 0 heterocycles. The summed E-state index contributed by atoms with van der Waals surface area (Å²) in [5, 5.41) is 11.2. The van der Waals surface area contributed by atoms with Gasteiger partial charge in [0.05, 0.1) is 0 Å². The number of benzene rings is 1. The van der Waals surface area contributed by atoms with Crippen molar-refractivity contribution >= 4 is 17.7 Å². The highest BCUT2D eigenvalue weighted by molar-refractivity contribution is 7.99. The van der Waals surface area contributed by atoms with E-state index in [0.29, 0.717) is 5.75 Å². The van der Waals surface area contributed by atoms with Crippen LogP contribution in [0, 0.1) is 13.8 Å². The summed E-state index contributed by atoms with van der Waals surface area (Å²) < 4.78 is 24.0. The van der Waals surface area contributed by atoms with E-state index < -0.39 is 19.1 Å². The Morgan fingerprint density at radius 3 is 2.65 bits per heavy atom. The van der Waals surface area contributed by atoms with Crippen molar-refractivity contribution in [3.05, 3.63) is 29.3 Å². The van der Waals surface area contributed by atoms with Gasteiger partial charge in [0.1, 0.15) is 6.10 Å². The maximum Gasteiger partial charge on any atom is 0.265 e. The Balaban J connectivity index is 2.26. The monoisotopic (exact) mass is 303 g/mol. The molecule has 0 spiro atoms. The molecule has 1 atom stereocenters. The van der Waals surface area contributed by atoms with Crippen LogP contribution in [0.3, 0.4) is 0 Å². The van der Waals surface area contributed by atoms with E-state index in [0.717, 1.165) is 4.90 Å². The molecule has 1 aromatic carbocycles. The smallest absolute Gasteiger partial charge is 0.265 e. The Kier molecular flexibility index (Phi) is 6.95. The topological polar surface area (TPSA) is 49.3 Å². The molecule has 0 aliphatic carbocycles. The summed E-state index contributed by atoms with van der Waals surface area (Å²) in [6.07, 6.45) is -4.40. The first kappa shape index (κ1) is 16.9. The number of aliphatic hydroxyl groups is 1. The second-order valence-electron chi connectivity index (χ2n) is 4.55. The van der Waals surface area contributed by atoms with Crippen molar-refractivity contribution in [3.63, 3.8) is 0 Å². The van der Waals surface area contributed by atoms with Crippen molar-refractivity contribution in [2.24, 2.45) is 0 Å². The number of rotatable bonds is 7. The van der Waals surface area contributed by atoms with E-state index in [2.05, 4.69) is 11.4 Å². The number of carbonyl (C=O) groups is 1. The molecule has 20 heavy (non-hydrogen) atoms. The van der Waals surface area contributed by atoms with E-state index in [9.17, 15) is 13.6 Å². The lowest BCUT2D eigenvalue weighted by Crippen LogP contribution is -2.35. The minimum absolute atomic E-state index is 0.230. The highest BCUT2D eigenvalue weighted by atomic mass is 32.2. The number of hydrogen-bond donors (Lipinski definition) is 2. The standard InChI is InChI=1S/C14H19F2NO2S/c1-9-3-4-11(7-10(9)2)20-6-5-13(19)17-8-12(18)14(15)16/h3-4,7,12,14,18H,5-6,8H2,1-2H3,(H,17,19). The number of carbonyl (C=O) groups excluding carboxylic acids is 1. The molecule has 6 heteroatoms. The molecule has 1 amide bonds. The first-order valence-electron chi connectivity index (χ1n) is 6.33. The van der Waals surface area contributed by atoms with Crippen LogP contribution in [0.5, 0.6) is 0 Å². The van der Waals surface area contributed by atoms with Gasteiger partial charge in [-0.25, -0.2) is 8.78 Å². The number of aliphatic hydroxyl groups excluding tert-OH is 1. The third kappa shape index (κ3) is 5.88. The van der Waals surface area contributed by atoms with Crippen molar-refractivity contribution in [2.45, 2.75) is 37.7 Å². The van der Waals surface area contributed by atoms with Gasteiger partial charge < -0.3 is 10.4 Å². The Labute approximate surface area is 121 Å². The number of hydrogen-bond acceptors (Lipinski definition) is 3. The van der Waals surface area contributed by atoms with E-state index >= 15 is 0 Å². The van der Waals surface area contributed by atoms with Crippen LogP contribution in [0.15, 0.2) is 23.1 Å². The van der Waals surface area contributed by atoms with Crippen molar-refractivity contribution in [2.75, 3.05) is 12.3 Å². The fourth-order valence-corrected chi connectivity index (χ4v) is 2.41. The summed E-state index contributed by atoms with van der Waals surface area (Å²) in [6.45, 7) is 3.65. The van der Waals surface area contributed by atoms with Crippen LogP contribution in [0.1, 0.15) is 17.5 Å². The maximum absolute atomic E-state index is 12.0. The fourth-order valence-electron chi connectivity index (χ4n) is 1.46. The summed E-state index contributed by atoms with van der Waals surface area (Å²) in [5.74, 6) is 0.236. The van der Waals surface area contributed by atoms with Crippen LogP contribution in [0.25, 0.3) is 0 Å². The van der Waals surface area contributed by atoms with Gasteiger partial charge in [-0.3, -0.25) is 4.79 Å². The summed E-state index contributed by atoms with van der Waals surface area (Å²) in [4.78, 5) is 12.5. The number of nitrogens with one attached hydrogen (secondary N) is 1. The predicted molar refractivity (Wildman–Crippen MR) is 76.3 cm³/mol. The quantitative estimate of drug-likeness (QED) is 0.761. The summed E-state index contributed by atoms with van der Waals surface area (Å²) in [6, 6.07) is 6.07. The SMILES string of the molecule is Cc1ccc(SCCC(=O)NCC(O)C(F)F)cc1C. The molecule has 0 radical (unpaired) electrons. The van der Waals surface area contributed by atoms with Crippen molar-refractivity contribution in [3.8, 4) is 0 Å². The number of amides is 1. The molecule has 1 unspecified atom stereocenters. The van der Waals surface area contributed by atoms with Crippen LogP contribution < -0.4 is 5.32 Å². The highest BCUT2D eigenvalue weighted by Crippen LogP contribution is 2.21. The highest BCUT2D eigenvalue weighted by Gasteiger charge is 2.17. The zero-order valence-electron chi connectivity index (χ0n) is 11.5. The van der Waals surface area contributed by atoms with Gasteiger partial charge in [-0.1, -0.05) is 6.07 Å². The molecule has 0 bridgehead atoms. The Hall–Kier alpha value is -1.14. The zero-order valence-corrected chi connectivity index (χ0v) is 12.3. The molecule has 0 aliphatic rings. The average Bonchev–Trinajstić information content (AvgIpc) is 2.40. The van der Waals surface area contributed by atoms with Gasteiger partial charge in [0, 0.05) is 23.6 Å². The van der Waals surface area contributed by atoms with Crippen LogP contribution in [0.4, 0.5) is 8.78 Å². The van der Waals surface area contributed by atoms with Gasteiger partial charge in [-0.15, -0.1) is 11.8 Å². The lowest BCUT2D eigenvalue weighted by molar-refractivity contribution is -0.121. The second kappa shape index (κ2) is 8.21. The van der Waals surface area contributed by atoms with Crippen LogP contribution in [-0.2, 0) is 4.79 Å². The van der Waals surface area contributed by atoms with Gasteiger partial charge in [-0.05, 0) is 37.1 Å². The van der Waals surface area contributed by atoms with Gasteiger partial charge in [0.25, 0.3) is 6.43 Å². The van der Waals surface area contributed by atoms with Gasteiger partial charge in [0.2, 0.25) is 5.91 Å². The van der Waals surface area contributed by atoms with Crippen molar-refractivity contribution in [1.82, 2.24) is 5.32 Å². The molecular formula is C14H19F2NO2S. The largest absolute Gasteiger partial charge is 0.385 e. The zero-order chi connectivity index (χ0) is 15.1. The Morgan fingerprint density at radius 1 is 1.35 bits per heavy atom. The molecule has 3 nitrogen and oxygen atoms in total. The summed E-state index contributed by atoms with van der Waals surface area (Å²) in [7, 11) is 0. The molecule has 0 aromatic heterocycles.